The van der Waals surface area contributed by atoms with Gasteiger partial charge in [-0.05, 0) is 0 Å². The molecule has 0 spiro atoms. The van der Waals surface area contributed by atoms with E-state index in [1.807, 2.05) is 0 Å². The average Bonchev–Trinajstić information content (AvgIpc) is 1.96. The second-order valence-electron chi connectivity index (χ2n) is 2.14. The quantitative estimate of drug-likeness (QED) is 0.465. The predicted octanol–water partition coefficient (Wildman–Crippen LogP) is -1.02. The van der Waals surface area contributed by atoms with Crippen molar-refractivity contribution in [2.75, 3.05) is 18.5 Å². The van der Waals surface area contributed by atoms with E-state index in [4.69, 9.17) is 11.5 Å². The molecular formula is C6H9N5O. The molecule has 0 aliphatic heterocycles. The number of hydrogen-bond acceptors (Lipinski definition) is 5. The van der Waals surface area contributed by atoms with Gasteiger partial charge in [0.1, 0.15) is 5.82 Å². The first-order valence-electron chi connectivity index (χ1n) is 3.22. The molecule has 0 aliphatic carbocycles. The topological polar surface area (TPSA) is 110 Å². The van der Waals surface area contributed by atoms with Crippen molar-refractivity contribution in [2.24, 2.45) is 4.99 Å². The van der Waals surface area contributed by atoms with Gasteiger partial charge in [0.15, 0.2) is 0 Å². The number of aliphatic imine (C=N–C) groups is 1. The lowest BCUT2D eigenvalue weighted by atomic mass is 10.3. The normalized spacial score (nSPS) is 10.8. The molecule has 0 aliphatic rings. The Kier molecular flexibility index (Phi) is 2.09. The van der Waals surface area contributed by atoms with E-state index in [1.54, 1.807) is 0 Å². The third-order valence-electron chi connectivity index (χ3n) is 1.26. The fraction of sp³-hybridized carbons (Fsp3) is 0.167. The van der Waals surface area contributed by atoms with Crippen molar-refractivity contribution in [3.8, 4) is 0 Å². The molecule has 1 heterocycles. The van der Waals surface area contributed by atoms with Crippen molar-refractivity contribution >= 4 is 18.0 Å². The van der Waals surface area contributed by atoms with E-state index in [-0.39, 0.29) is 22.9 Å². The Morgan fingerprint density at radius 3 is 2.75 bits per heavy atom. The van der Waals surface area contributed by atoms with Crippen LogP contribution in [0.5, 0.6) is 0 Å². The number of anilines is 2. The summed E-state index contributed by atoms with van der Waals surface area (Å²) in [5.74, 6) is 0.0904. The van der Waals surface area contributed by atoms with Gasteiger partial charge in [0.05, 0.1) is 5.56 Å². The highest BCUT2D eigenvalue weighted by molar-refractivity contribution is 5.84. The second kappa shape index (κ2) is 3.04. The lowest BCUT2D eigenvalue weighted by Gasteiger charge is -1.97. The molecule has 0 fully saturated rings. The summed E-state index contributed by atoms with van der Waals surface area (Å²) in [6.45, 7) is 0. The van der Waals surface area contributed by atoms with Crippen LogP contribution in [0.25, 0.3) is 0 Å². The Bertz CT molecular complexity index is 367. The Morgan fingerprint density at radius 1 is 1.58 bits per heavy atom. The maximum Gasteiger partial charge on any atom is 0.263 e. The summed E-state index contributed by atoms with van der Waals surface area (Å²) >= 11 is 0. The summed E-state index contributed by atoms with van der Waals surface area (Å²) in [6, 6.07) is 0. The van der Waals surface area contributed by atoms with Gasteiger partial charge < -0.3 is 11.5 Å². The van der Waals surface area contributed by atoms with E-state index in [1.165, 1.54) is 13.3 Å². The SMILES string of the molecule is CN=Cc1c(N)nc(N)[nH]c1=O. The van der Waals surface area contributed by atoms with Crippen LogP contribution in [0.4, 0.5) is 11.8 Å². The lowest BCUT2D eigenvalue weighted by molar-refractivity contribution is 1.14. The number of nitrogens with two attached hydrogens (primary N) is 2. The minimum atomic E-state index is -0.384. The number of hydrogen-bond donors (Lipinski definition) is 3. The summed E-state index contributed by atoms with van der Waals surface area (Å²) < 4.78 is 0. The van der Waals surface area contributed by atoms with Gasteiger partial charge in [-0.15, -0.1) is 0 Å². The van der Waals surface area contributed by atoms with Gasteiger partial charge in [0, 0.05) is 13.3 Å². The van der Waals surface area contributed by atoms with Gasteiger partial charge in [0.25, 0.3) is 5.56 Å². The van der Waals surface area contributed by atoms with Gasteiger partial charge in [0.2, 0.25) is 5.95 Å². The number of rotatable bonds is 1. The van der Waals surface area contributed by atoms with Gasteiger partial charge in [-0.1, -0.05) is 0 Å². The number of nitrogens with one attached hydrogen (secondary N) is 1. The molecule has 0 unspecified atom stereocenters. The van der Waals surface area contributed by atoms with Crippen LogP contribution < -0.4 is 17.0 Å². The van der Waals surface area contributed by atoms with Crippen LogP contribution in [0.3, 0.4) is 0 Å². The zero-order chi connectivity index (χ0) is 9.14. The summed E-state index contributed by atoms with van der Waals surface area (Å²) in [6.07, 6.45) is 1.33. The van der Waals surface area contributed by atoms with Crippen LogP contribution in [0.2, 0.25) is 0 Å². The maximum atomic E-state index is 11.1. The molecule has 0 atom stereocenters. The third-order valence-corrected chi connectivity index (χ3v) is 1.26. The Morgan fingerprint density at radius 2 is 2.25 bits per heavy atom. The molecule has 0 saturated carbocycles. The molecule has 1 aromatic rings. The minimum Gasteiger partial charge on any atom is -0.383 e. The van der Waals surface area contributed by atoms with Crippen LogP contribution in [0.15, 0.2) is 9.79 Å². The first-order chi connectivity index (χ1) is 5.65. The minimum absolute atomic E-state index is 0.00533. The van der Waals surface area contributed by atoms with Crippen molar-refractivity contribution in [2.45, 2.75) is 0 Å². The Labute approximate surface area is 68.3 Å². The molecule has 0 saturated heterocycles. The molecule has 0 radical (unpaired) electrons. The molecule has 6 heteroatoms. The fourth-order valence-electron chi connectivity index (χ4n) is 0.772. The largest absolute Gasteiger partial charge is 0.383 e. The number of nitrogens with zero attached hydrogens (tertiary/aromatic N) is 2. The summed E-state index contributed by atoms with van der Waals surface area (Å²) in [7, 11) is 1.54. The van der Waals surface area contributed by atoms with Crippen molar-refractivity contribution in [1.29, 1.82) is 0 Å². The van der Waals surface area contributed by atoms with Gasteiger partial charge in [-0.25, -0.2) is 0 Å². The fourth-order valence-corrected chi connectivity index (χ4v) is 0.772. The summed E-state index contributed by atoms with van der Waals surface area (Å²) in [5, 5.41) is 0. The van der Waals surface area contributed by atoms with Crippen molar-refractivity contribution in [3.63, 3.8) is 0 Å². The van der Waals surface area contributed by atoms with Crippen LogP contribution in [-0.4, -0.2) is 23.2 Å². The molecule has 5 N–H and O–H groups in total. The molecule has 0 amide bonds. The first-order valence-corrected chi connectivity index (χ1v) is 3.22. The van der Waals surface area contributed by atoms with E-state index in [0.29, 0.717) is 0 Å². The lowest BCUT2D eigenvalue weighted by Crippen LogP contribution is -2.18. The summed E-state index contributed by atoms with van der Waals surface area (Å²) in [4.78, 5) is 20.7. The van der Waals surface area contributed by atoms with E-state index >= 15 is 0 Å². The predicted molar refractivity (Wildman–Crippen MR) is 47.2 cm³/mol. The standard InChI is InChI=1S/C6H9N5O/c1-9-2-3-4(7)10-6(8)11-5(3)12/h2H,1H3,(H5,7,8,10,11,12). The highest BCUT2D eigenvalue weighted by Gasteiger charge is 2.03. The molecule has 0 bridgehead atoms. The number of H-pyrrole nitrogens is 1. The summed E-state index contributed by atoms with van der Waals surface area (Å²) in [5.41, 5.74) is 10.5. The van der Waals surface area contributed by atoms with Gasteiger partial charge in [-0.3, -0.25) is 14.8 Å². The monoisotopic (exact) mass is 167 g/mol. The Hall–Kier alpha value is -1.85. The number of aromatic amines is 1. The second-order valence-corrected chi connectivity index (χ2v) is 2.14. The molecule has 64 valence electrons. The first kappa shape index (κ1) is 8.25. The van der Waals surface area contributed by atoms with E-state index < -0.39 is 0 Å². The van der Waals surface area contributed by atoms with E-state index in [0.717, 1.165) is 0 Å². The number of aromatic nitrogens is 2. The van der Waals surface area contributed by atoms with Crippen molar-refractivity contribution in [3.05, 3.63) is 15.9 Å². The average molecular weight is 167 g/mol. The van der Waals surface area contributed by atoms with Gasteiger partial charge in [-0.2, -0.15) is 4.98 Å². The van der Waals surface area contributed by atoms with Crippen LogP contribution in [-0.2, 0) is 0 Å². The highest BCUT2D eigenvalue weighted by atomic mass is 16.1. The van der Waals surface area contributed by atoms with E-state index in [2.05, 4.69) is 15.0 Å². The smallest absolute Gasteiger partial charge is 0.263 e. The van der Waals surface area contributed by atoms with Crippen molar-refractivity contribution < 1.29 is 0 Å². The zero-order valence-corrected chi connectivity index (χ0v) is 6.53. The highest BCUT2D eigenvalue weighted by Crippen LogP contribution is 1.99. The molecule has 1 rings (SSSR count). The van der Waals surface area contributed by atoms with Crippen molar-refractivity contribution in [1.82, 2.24) is 9.97 Å². The van der Waals surface area contributed by atoms with E-state index in [9.17, 15) is 4.79 Å². The Balaban J connectivity index is 3.38. The maximum absolute atomic E-state index is 11.1. The molecule has 6 nitrogen and oxygen atoms in total. The van der Waals surface area contributed by atoms with Crippen LogP contribution in [0.1, 0.15) is 5.56 Å². The van der Waals surface area contributed by atoms with Gasteiger partial charge >= 0.3 is 0 Å². The molecule has 0 aromatic carbocycles. The molecular weight excluding hydrogens is 158 g/mol. The molecule has 1 aromatic heterocycles. The third kappa shape index (κ3) is 1.42. The number of nitrogen functional groups attached to an aromatic ring is 2. The van der Waals surface area contributed by atoms with Crippen LogP contribution >= 0.6 is 0 Å². The van der Waals surface area contributed by atoms with Crippen LogP contribution in [0, 0.1) is 0 Å². The molecule has 12 heavy (non-hydrogen) atoms. The zero-order valence-electron chi connectivity index (χ0n) is 6.53.